The smallest absolute Gasteiger partial charge is 0.337 e. The van der Waals surface area contributed by atoms with E-state index in [1.807, 2.05) is 30.3 Å². The predicted octanol–water partition coefficient (Wildman–Crippen LogP) is 7.29. The first-order valence-electron chi connectivity index (χ1n) is 12.6. The van der Waals surface area contributed by atoms with Gasteiger partial charge in [0.05, 0.1) is 12.7 Å². The number of hydrogen-bond acceptors (Lipinski definition) is 6. The number of methoxy groups -OCH3 is 1. The molecule has 0 saturated heterocycles. The Balaban J connectivity index is 1.56. The molecule has 1 heterocycles. The molecule has 4 aromatic carbocycles. The van der Waals surface area contributed by atoms with Crippen molar-refractivity contribution >= 4 is 11.7 Å². The van der Waals surface area contributed by atoms with Gasteiger partial charge >= 0.3 is 5.97 Å². The van der Waals surface area contributed by atoms with Crippen molar-refractivity contribution in [1.82, 2.24) is 0 Å². The zero-order chi connectivity index (χ0) is 28.4. The van der Waals surface area contributed by atoms with E-state index in [1.165, 1.54) is 30.3 Å². The van der Waals surface area contributed by atoms with E-state index in [-0.39, 0.29) is 29.2 Å². The van der Waals surface area contributed by atoms with Crippen molar-refractivity contribution in [2.75, 3.05) is 12.4 Å². The molecule has 0 aliphatic carbocycles. The molecule has 1 aliphatic heterocycles. The Bertz CT molecular complexity index is 1610. The number of rotatable bonds is 7. The summed E-state index contributed by atoms with van der Waals surface area (Å²) in [4.78, 5) is 13.5. The summed E-state index contributed by atoms with van der Waals surface area (Å²) >= 11 is 0. The molecule has 0 spiro atoms. The van der Waals surface area contributed by atoms with Crippen LogP contribution < -0.4 is 10.1 Å². The van der Waals surface area contributed by atoms with Crippen LogP contribution in [-0.4, -0.2) is 23.3 Å². The Morgan fingerprint density at radius 2 is 1.75 bits per heavy atom. The summed E-state index contributed by atoms with van der Waals surface area (Å²) in [5.74, 6) is -0.900. The highest BCUT2D eigenvalue weighted by molar-refractivity contribution is 5.96. The number of allylic oxidation sites excluding steroid dienone is 1. The van der Waals surface area contributed by atoms with E-state index in [1.54, 1.807) is 38.3 Å². The van der Waals surface area contributed by atoms with Crippen LogP contribution in [0, 0.1) is 0 Å². The molecule has 0 saturated carbocycles. The number of phenolic OH excluding ortho intramolecular Hbond substituents is 2. The van der Waals surface area contributed by atoms with Gasteiger partial charge in [0.1, 0.15) is 23.9 Å². The number of hydrogen-bond donors (Lipinski definition) is 3. The van der Waals surface area contributed by atoms with Gasteiger partial charge in [-0.3, -0.25) is 0 Å². The van der Waals surface area contributed by atoms with Crippen molar-refractivity contribution in [3.63, 3.8) is 0 Å². The van der Waals surface area contributed by atoms with Crippen LogP contribution in [0.5, 0.6) is 17.2 Å². The maximum Gasteiger partial charge on any atom is 0.337 e. The fourth-order valence-corrected chi connectivity index (χ4v) is 5.07. The zero-order valence-corrected chi connectivity index (χ0v) is 21.8. The molecule has 6 nitrogen and oxygen atoms in total. The van der Waals surface area contributed by atoms with Crippen LogP contribution in [0.25, 0.3) is 11.1 Å². The Kier molecular flexibility index (Phi) is 7.42. The van der Waals surface area contributed by atoms with Crippen molar-refractivity contribution in [2.45, 2.75) is 25.9 Å². The molecule has 8 heteroatoms. The summed E-state index contributed by atoms with van der Waals surface area (Å²) in [7, 11) is 1.57. The molecule has 0 fully saturated rings. The number of alkyl halides is 2. The van der Waals surface area contributed by atoms with Crippen LogP contribution >= 0.6 is 0 Å². The molecule has 1 atom stereocenters. The summed E-state index contributed by atoms with van der Waals surface area (Å²) in [6.45, 7) is 1.51. The molecule has 1 aliphatic rings. The maximum absolute atomic E-state index is 13.5. The summed E-state index contributed by atoms with van der Waals surface area (Å²) in [6, 6.07) is 23.0. The van der Waals surface area contributed by atoms with Gasteiger partial charge in [-0.25, -0.2) is 13.6 Å². The summed E-state index contributed by atoms with van der Waals surface area (Å²) in [5, 5.41) is 24.8. The van der Waals surface area contributed by atoms with Gasteiger partial charge in [0.25, 0.3) is 6.43 Å². The predicted molar refractivity (Wildman–Crippen MR) is 148 cm³/mol. The van der Waals surface area contributed by atoms with Gasteiger partial charge in [0, 0.05) is 34.0 Å². The van der Waals surface area contributed by atoms with Crippen LogP contribution in [0.15, 0.2) is 96.2 Å². The molecule has 0 radical (unpaired) electrons. The molecule has 5 rings (SSSR count). The molecule has 1 unspecified atom stereocenters. The minimum absolute atomic E-state index is 0.00287. The van der Waals surface area contributed by atoms with Crippen LogP contribution in [-0.2, 0) is 16.1 Å². The Labute approximate surface area is 230 Å². The highest BCUT2D eigenvalue weighted by Gasteiger charge is 2.36. The van der Waals surface area contributed by atoms with E-state index in [2.05, 4.69) is 5.32 Å². The highest BCUT2D eigenvalue weighted by Crippen LogP contribution is 2.49. The average molecular weight is 544 g/mol. The number of esters is 1. The van der Waals surface area contributed by atoms with E-state index >= 15 is 0 Å². The van der Waals surface area contributed by atoms with Gasteiger partial charge < -0.3 is 25.0 Å². The minimum Gasteiger partial charge on any atom is -0.508 e. The maximum atomic E-state index is 13.5. The second-order valence-corrected chi connectivity index (χ2v) is 9.47. The van der Waals surface area contributed by atoms with Crippen molar-refractivity contribution < 1.29 is 33.3 Å². The lowest BCUT2D eigenvalue weighted by Gasteiger charge is -2.31. The monoisotopic (exact) mass is 543 g/mol. The first-order chi connectivity index (χ1) is 19.3. The third-order valence-electron chi connectivity index (χ3n) is 6.88. The number of aromatic hydroxyl groups is 2. The number of anilines is 1. The van der Waals surface area contributed by atoms with Crippen LogP contribution in [0.1, 0.15) is 41.5 Å². The molecule has 40 heavy (non-hydrogen) atoms. The number of fused-ring (bicyclic) bond motifs is 1. The topological polar surface area (TPSA) is 88.0 Å². The molecule has 4 aromatic rings. The lowest BCUT2D eigenvalue weighted by Crippen LogP contribution is -2.24. The number of halogens is 2. The Hall–Kier alpha value is -4.85. The van der Waals surface area contributed by atoms with E-state index in [4.69, 9.17) is 9.47 Å². The number of nitrogens with one attached hydrogen (secondary N) is 1. The summed E-state index contributed by atoms with van der Waals surface area (Å²) in [6.07, 6.45) is -2.64. The van der Waals surface area contributed by atoms with Crippen LogP contribution in [0.3, 0.4) is 0 Å². The van der Waals surface area contributed by atoms with Gasteiger partial charge in [0.2, 0.25) is 0 Å². The Morgan fingerprint density at radius 1 is 0.975 bits per heavy atom. The van der Waals surface area contributed by atoms with Crippen LogP contribution in [0.4, 0.5) is 14.5 Å². The molecule has 0 amide bonds. The molecular weight excluding hydrogens is 516 g/mol. The van der Waals surface area contributed by atoms with Gasteiger partial charge in [0.15, 0.2) is 0 Å². The highest BCUT2D eigenvalue weighted by atomic mass is 19.3. The van der Waals surface area contributed by atoms with Crippen molar-refractivity contribution in [3.8, 4) is 28.4 Å². The molecular formula is C32H27F2NO5. The van der Waals surface area contributed by atoms with E-state index in [9.17, 15) is 23.8 Å². The van der Waals surface area contributed by atoms with Crippen molar-refractivity contribution in [3.05, 3.63) is 118 Å². The first kappa shape index (κ1) is 26.7. The standard InChI is InChI=1S/C32H27F2NO5/c1-18-28(32(38)40-17-19-7-5-9-21(13-19)31(33)34)29(20-8-6-10-23(36)14-20)30-25(35-18)15-22(16-26(30)37)24-11-3-4-12-27(24)39-2/h3-16,29,31,35-37H,17H2,1-2H3. The van der Waals surface area contributed by atoms with E-state index in [0.717, 1.165) is 5.56 Å². The first-order valence-corrected chi connectivity index (χ1v) is 12.6. The van der Waals surface area contributed by atoms with Crippen LogP contribution in [0.2, 0.25) is 0 Å². The van der Waals surface area contributed by atoms with E-state index < -0.39 is 18.3 Å². The van der Waals surface area contributed by atoms with Crippen molar-refractivity contribution in [1.29, 1.82) is 0 Å². The minimum atomic E-state index is -2.64. The largest absolute Gasteiger partial charge is 0.508 e. The fourth-order valence-electron chi connectivity index (χ4n) is 5.07. The quantitative estimate of drug-likeness (QED) is 0.212. The summed E-state index contributed by atoms with van der Waals surface area (Å²) in [5.41, 5.74) is 4.03. The number of ether oxygens (including phenoxy) is 2. The lowest BCUT2D eigenvalue weighted by atomic mass is 9.79. The zero-order valence-electron chi connectivity index (χ0n) is 21.8. The van der Waals surface area contributed by atoms with Crippen molar-refractivity contribution in [2.24, 2.45) is 0 Å². The molecule has 3 N–H and O–H groups in total. The average Bonchev–Trinajstić information content (AvgIpc) is 2.95. The number of phenols is 2. The second kappa shape index (κ2) is 11.1. The van der Waals surface area contributed by atoms with Gasteiger partial charge in [-0.05, 0) is 60.0 Å². The second-order valence-electron chi connectivity index (χ2n) is 9.47. The number of para-hydroxylation sites is 1. The van der Waals surface area contributed by atoms with Gasteiger partial charge in [-0.2, -0.15) is 0 Å². The lowest BCUT2D eigenvalue weighted by molar-refractivity contribution is -0.140. The fraction of sp³-hybridized carbons (Fsp3) is 0.156. The van der Waals surface area contributed by atoms with E-state index in [0.29, 0.717) is 39.4 Å². The third kappa shape index (κ3) is 5.20. The van der Waals surface area contributed by atoms with Gasteiger partial charge in [-0.15, -0.1) is 0 Å². The molecule has 0 aromatic heterocycles. The molecule has 204 valence electrons. The molecule has 0 bridgehead atoms. The summed E-state index contributed by atoms with van der Waals surface area (Å²) < 4.78 is 37.4. The number of benzene rings is 4. The third-order valence-corrected chi connectivity index (χ3v) is 6.88. The normalized spacial score (nSPS) is 14.5. The SMILES string of the molecule is COc1ccccc1-c1cc(O)c2c(c1)NC(C)=C(C(=O)OCc1cccc(C(F)F)c1)C2c1cccc(O)c1. The number of carbonyl (C=O) groups excluding carboxylic acids is 1. The Morgan fingerprint density at radius 3 is 2.50 bits per heavy atom. The van der Waals surface area contributed by atoms with Gasteiger partial charge in [-0.1, -0.05) is 48.5 Å². The number of carbonyl (C=O) groups is 1.